The molecule has 1 aliphatic heterocycles. The van der Waals surface area contributed by atoms with Crippen molar-refractivity contribution in [3.05, 3.63) is 58.7 Å². The van der Waals surface area contributed by atoms with Crippen molar-refractivity contribution in [3.8, 4) is 0 Å². The van der Waals surface area contributed by atoms with E-state index in [1.807, 2.05) is 13.0 Å². The van der Waals surface area contributed by atoms with Crippen LogP contribution in [0.5, 0.6) is 0 Å². The average Bonchev–Trinajstić information content (AvgIpc) is 2.94. The normalized spacial score (nSPS) is 19.9. The fourth-order valence-corrected chi connectivity index (χ4v) is 5.22. The average molecular weight is 385 g/mol. The summed E-state index contributed by atoms with van der Waals surface area (Å²) in [6.45, 7) is 3.64. The van der Waals surface area contributed by atoms with Gasteiger partial charge in [-0.2, -0.15) is 0 Å². The van der Waals surface area contributed by atoms with Crippen LogP contribution in [0.2, 0.25) is 0 Å². The van der Waals surface area contributed by atoms with Crippen LogP contribution >= 0.6 is 0 Å². The van der Waals surface area contributed by atoms with E-state index in [-0.39, 0.29) is 22.8 Å². The third-order valence-corrected chi connectivity index (χ3v) is 7.19. The highest BCUT2D eigenvalue weighted by Crippen LogP contribution is 2.34. The van der Waals surface area contributed by atoms with Crippen LogP contribution in [-0.4, -0.2) is 14.3 Å². The van der Waals surface area contributed by atoms with E-state index in [0.29, 0.717) is 5.69 Å². The summed E-state index contributed by atoms with van der Waals surface area (Å²) in [6.07, 6.45) is 4.58. The minimum Gasteiger partial charge on any atom is -0.325 e. The number of anilines is 1. The molecule has 0 saturated carbocycles. The Bertz CT molecular complexity index is 1010. The van der Waals surface area contributed by atoms with Crippen LogP contribution in [0.25, 0.3) is 0 Å². The molecule has 1 heterocycles. The molecule has 1 amide bonds. The second kappa shape index (κ2) is 6.77. The molecular formula is C21H24N2O3S. The molecule has 0 spiro atoms. The summed E-state index contributed by atoms with van der Waals surface area (Å²) < 4.78 is 28.5. The number of rotatable bonds is 4. The number of sulfonamides is 1. The number of aryl methyl sites for hydroxylation is 2. The zero-order valence-electron chi connectivity index (χ0n) is 15.6. The lowest BCUT2D eigenvalue weighted by Gasteiger charge is -2.20. The predicted molar refractivity (Wildman–Crippen MR) is 105 cm³/mol. The van der Waals surface area contributed by atoms with Crippen molar-refractivity contribution in [1.29, 1.82) is 0 Å². The molecule has 0 fully saturated rings. The van der Waals surface area contributed by atoms with E-state index in [1.54, 1.807) is 25.1 Å². The van der Waals surface area contributed by atoms with E-state index in [9.17, 15) is 13.2 Å². The number of carbonyl (C=O) groups is 1. The van der Waals surface area contributed by atoms with Gasteiger partial charge >= 0.3 is 0 Å². The van der Waals surface area contributed by atoms with Crippen molar-refractivity contribution in [2.24, 2.45) is 0 Å². The van der Waals surface area contributed by atoms with Crippen molar-refractivity contribution in [2.45, 2.75) is 56.4 Å². The molecule has 2 aromatic rings. The number of hydrogen-bond acceptors (Lipinski definition) is 3. The van der Waals surface area contributed by atoms with E-state index < -0.39 is 10.0 Å². The monoisotopic (exact) mass is 384 g/mol. The summed E-state index contributed by atoms with van der Waals surface area (Å²) in [4.78, 5) is 12.0. The van der Waals surface area contributed by atoms with Gasteiger partial charge in [0.15, 0.2) is 0 Å². The molecule has 2 atom stereocenters. The molecule has 2 aliphatic rings. The molecule has 2 aromatic carbocycles. The number of amides is 1. The summed E-state index contributed by atoms with van der Waals surface area (Å²) in [5.41, 5.74) is 5.11. The van der Waals surface area contributed by atoms with Crippen molar-refractivity contribution in [1.82, 2.24) is 4.72 Å². The molecule has 6 heteroatoms. The van der Waals surface area contributed by atoms with E-state index in [2.05, 4.69) is 22.2 Å². The van der Waals surface area contributed by atoms with Gasteiger partial charge in [-0.1, -0.05) is 18.2 Å². The molecule has 2 N–H and O–H groups in total. The van der Waals surface area contributed by atoms with Gasteiger partial charge in [0.2, 0.25) is 15.9 Å². The Hall–Kier alpha value is -2.18. The van der Waals surface area contributed by atoms with Gasteiger partial charge in [-0.3, -0.25) is 4.79 Å². The fraction of sp³-hybridized carbons (Fsp3) is 0.381. The topological polar surface area (TPSA) is 75.3 Å². The van der Waals surface area contributed by atoms with Crippen LogP contribution < -0.4 is 10.0 Å². The lowest BCUT2D eigenvalue weighted by atomic mass is 9.89. The molecule has 4 rings (SSSR count). The van der Waals surface area contributed by atoms with Crippen LogP contribution in [-0.2, 0) is 27.7 Å². The predicted octanol–water partition coefficient (Wildman–Crippen LogP) is 3.66. The fourth-order valence-electron chi connectivity index (χ4n) is 3.95. The molecule has 1 aliphatic carbocycles. The third kappa shape index (κ3) is 3.39. The van der Waals surface area contributed by atoms with Crippen molar-refractivity contribution in [2.75, 3.05) is 5.32 Å². The van der Waals surface area contributed by atoms with E-state index in [0.717, 1.165) is 24.0 Å². The molecule has 0 unspecified atom stereocenters. The van der Waals surface area contributed by atoms with Crippen LogP contribution in [0.15, 0.2) is 41.3 Å². The Kier molecular flexibility index (Phi) is 4.56. The molecule has 5 nitrogen and oxygen atoms in total. The molecular weight excluding hydrogens is 360 g/mol. The van der Waals surface area contributed by atoms with E-state index in [4.69, 9.17) is 0 Å². The third-order valence-electron chi connectivity index (χ3n) is 5.66. The van der Waals surface area contributed by atoms with Gasteiger partial charge in [0.25, 0.3) is 0 Å². The Morgan fingerprint density at radius 1 is 1.07 bits per heavy atom. The van der Waals surface area contributed by atoms with Gasteiger partial charge in [0, 0.05) is 11.7 Å². The molecule has 0 saturated heterocycles. The van der Waals surface area contributed by atoms with E-state index in [1.165, 1.54) is 24.0 Å². The smallest absolute Gasteiger partial charge is 0.241 e. The van der Waals surface area contributed by atoms with Gasteiger partial charge in [0.05, 0.1) is 10.8 Å². The van der Waals surface area contributed by atoms with E-state index >= 15 is 0 Å². The first kappa shape index (κ1) is 18.2. The Labute approximate surface area is 160 Å². The van der Waals surface area contributed by atoms with Crippen LogP contribution in [0.4, 0.5) is 5.69 Å². The minimum absolute atomic E-state index is 0.102. The Morgan fingerprint density at radius 3 is 2.59 bits per heavy atom. The number of fused-ring (bicyclic) bond motifs is 2. The SMILES string of the molecule is C[C@H](NS(=O)(=O)c1ccc2c(c1)[C@@H](C)C(=O)N2)c1ccc2c(c1)CCCC2. The first-order chi connectivity index (χ1) is 12.8. The Morgan fingerprint density at radius 2 is 1.81 bits per heavy atom. The summed E-state index contributed by atoms with van der Waals surface area (Å²) >= 11 is 0. The highest BCUT2D eigenvalue weighted by atomic mass is 32.2. The molecule has 0 bridgehead atoms. The van der Waals surface area contributed by atoms with Crippen molar-refractivity contribution < 1.29 is 13.2 Å². The largest absolute Gasteiger partial charge is 0.325 e. The van der Waals surface area contributed by atoms with Crippen LogP contribution in [0.3, 0.4) is 0 Å². The number of benzene rings is 2. The van der Waals surface area contributed by atoms with Crippen molar-refractivity contribution in [3.63, 3.8) is 0 Å². The maximum atomic E-state index is 12.9. The minimum atomic E-state index is -3.68. The lowest BCUT2D eigenvalue weighted by Crippen LogP contribution is -2.27. The maximum Gasteiger partial charge on any atom is 0.241 e. The molecule has 142 valence electrons. The van der Waals surface area contributed by atoms with Crippen LogP contribution in [0.1, 0.15) is 60.9 Å². The summed E-state index contributed by atoms with van der Waals surface area (Å²) in [6, 6.07) is 10.8. The van der Waals surface area contributed by atoms with Gasteiger partial charge in [0.1, 0.15) is 0 Å². The molecule has 27 heavy (non-hydrogen) atoms. The zero-order valence-corrected chi connectivity index (χ0v) is 16.4. The van der Waals surface area contributed by atoms with Crippen molar-refractivity contribution >= 4 is 21.6 Å². The maximum absolute atomic E-state index is 12.9. The standard InChI is InChI=1S/C21H24N2O3S/c1-13-19-12-18(9-10-20(19)22-21(13)24)27(25,26)23-14(2)16-8-7-15-5-3-4-6-17(15)11-16/h7-14,23H,3-6H2,1-2H3,(H,22,24)/t13-,14+/m1/s1. The number of carbonyl (C=O) groups excluding carboxylic acids is 1. The van der Waals surface area contributed by atoms with Gasteiger partial charge in [-0.25, -0.2) is 13.1 Å². The summed E-state index contributed by atoms with van der Waals surface area (Å²) in [5.74, 6) is -0.442. The Balaban J connectivity index is 1.58. The number of hydrogen-bond donors (Lipinski definition) is 2. The lowest BCUT2D eigenvalue weighted by molar-refractivity contribution is -0.116. The second-order valence-electron chi connectivity index (χ2n) is 7.54. The first-order valence-corrected chi connectivity index (χ1v) is 10.9. The van der Waals surface area contributed by atoms with Gasteiger partial charge in [-0.05, 0) is 80.0 Å². The highest BCUT2D eigenvalue weighted by Gasteiger charge is 2.29. The summed E-state index contributed by atoms with van der Waals surface area (Å²) in [5, 5.41) is 2.77. The second-order valence-corrected chi connectivity index (χ2v) is 9.25. The highest BCUT2D eigenvalue weighted by molar-refractivity contribution is 7.89. The number of nitrogens with one attached hydrogen (secondary N) is 2. The zero-order chi connectivity index (χ0) is 19.2. The first-order valence-electron chi connectivity index (χ1n) is 9.44. The summed E-state index contributed by atoms with van der Waals surface area (Å²) in [7, 11) is -3.68. The van der Waals surface area contributed by atoms with Gasteiger partial charge < -0.3 is 5.32 Å². The van der Waals surface area contributed by atoms with Gasteiger partial charge in [-0.15, -0.1) is 0 Å². The quantitative estimate of drug-likeness (QED) is 0.845. The molecule has 0 radical (unpaired) electrons. The molecule has 0 aromatic heterocycles. The van der Waals surface area contributed by atoms with Crippen LogP contribution in [0, 0.1) is 0 Å².